The summed E-state index contributed by atoms with van der Waals surface area (Å²) < 4.78 is 30.4. The summed E-state index contributed by atoms with van der Waals surface area (Å²) in [6.07, 6.45) is 1.59. The summed E-state index contributed by atoms with van der Waals surface area (Å²) in [6.45, 7) is 9.17. The standard InChI is InChI=1S/C28H33F2N5O3/c1-5-35-12-10-18(11-13-35)19-7-9-22(23(14-19)28(2,3)17-36)27(37)34(4)16-21-8-6-20(15-31-21)25-32-33-26(38-25)24(29)30/h6-9,14-15,17-18,24H,5,10-13,16H2,1-4H3. The minimum Gasteiger partial charge on any atom is -0.415 e. The van der Waals surface area contributed by atoms with Crippen molar-refractivity contribution in [1.29, 1.82) is 0 Å². The number of hydrogen-bond acceptors (Lipinski definition) is 7. The molecule has 1 saturated heterocycles. The molecule has 38 heavy (non-hydrogen) atoms. The molecule has 3 heterocycles. The van der Waals surface area contributed by atoms with Crippen LogP contribution in [0.2, 0.25) is 0 Å². The van der Waals surface area contributed by atoms with Crippen molar-refractivity contribution in [3.8, 4) is 11.5 Å². The summed E-state index contributed by atoms with van der Waals surface area (Å²) in [4.78, 5) is 33.9. The summed E-state index contributed by atoms with van der Waals surface area (Å²) in [6, 6.07) is 9.19. The molecule has 1 fully saturated rings. The van der Waals surface area contributed by atoms with Gasteiger partial charge < -0.3 is 19.0 Å². The van der Waals surface area contributed by atoms with Crippen LogP contribution in [0.25, 0.3) is 11.5 Å². The number of benzene rings is 1. The second-order valence-electron chi connectivity index (χ2n) is 10.3. The SMILES string of the molecule is CCN1CCC(c2ccc(C(=O)N(C)Cc3ccc(-c4nnc(C(F)F)o4)cn3)c(C(C)(C)C=O)c2)CC1. The summed E-state index contributed by atoms with van der Waals surface area (Å²) in [5.74, 6) is -0.614. The van der Waals surface area contributed by atoms with Gasteiger partial charge in [0.2, 0.25) is 5.89 Å². The predicted octanol–water partition coefficient (Wildman–Crippen LogP) is 5.02. The Hall–Kier alpha value is -3.53. The van der Waals surface area contributed by atoms with Crippen molar-refractivity contribution in [2.75, 3.05) is 26.7 Å². The number of rotatable bonds is 9. The summed E-state index contributed by atoms with van der Waals surface area (Å²) in [7, 11) is 1.68. The van der Waals surface area contributed by atoms with Crippen LogP contribution in [0.4, 0.5) is 8.78 Å². The van der Waals surface area contributed by atoms with Gasteiger partial charge in [0.1, 0.15) is 6.29 Å². The molecule has 0 spiro atoms. The van der Waals surface area contributed by atoms with Crippen LogP contribution in [0.15, 0.2) is 40.9 Å². The van der Waals surface area contributed by atoms with Gasteiger partial charge in [-0.15, -0.1) is 10.2 Å². The first-order chi connectivity index (χ1) is 18.1. The van der Waals surface area contributed by atoms with Crippen molar-refractivity contribution in [2.24, 2.45) is 0 Å². The number of piperidine rings is 1. The molecule has 1 aliphatic heterocycles. The number of nitrogens with zero attached hydrogens (tertiary/aromatic N) is 5. The highest BCUT2D eigenvalue weighted by atomic mass is 19.3. The van der Waals surface area contributed by atoms with Gasteiger partial charge in [-0.1, -0.05) is 19.1 Å². The average molecular weight is 526 g/mol. The number of alkyl halides is 2. The van der Waals surface area contributed by atoms with Crippen LogP contribution in [0.5, 0.6) is 0 Å². The van der Waals surface area contributed by atoms with E-state index in [-0.39, 0.29) is 18.3 Å². The lowest BCUT2D eigenvalue weighted by Crippen LogP contribution is -2.33. The molecule has 1 aliphatic rings. The summed E-state index contributed by atoms with van der Waals surface area (Å²) >= 11 is 0. The number of pyridine rings is 1. The third kappa shape index (κ3) is 5.96. The fourth-order valence-electron chi connectivity index (χ4n) is 4.79. The van der Waals surface area contributed by atoms with Gasteiger partial charge in [-0.25, -0.2) is 0 Å². The number of carbonyl (C=O) groups is 2. The van der Waals surface area contributed by atoms with Crippen molar-refractivity contribution in [2.45, 2.75) is 57.9 Å². The van der Waals surface area contributed by atoms with E-state index in [1.54, 1.807) is 24.1 Å². The van der Waals surface area contributed by atoms with Gasteiger partial charge >= 0.3 is 6.43 Å². The van der Waals surface area contributed by atoms with E-state index < -0.39 is 17.7 Å². The second kappa shape index (κ2) is 11.5. The Morgan fingerprint density at radius 1 is 1.21 bits per heavy atom. The molecule has 8 nitrogen and oxygen atoms in total. The van der Waals surface area contributed by atoms with Crippen LogP contribution in [0.3, 0.4) is 0 Å². The van der Waals surface area contributed by atoms with Crippen molar-refractivity contribution < 1.29 is 22.8 Å². The molecule has 0 unspecified atom stereocenters. The van der Waals surface area contributed by atoms with E-state index in [1.165, 1.54) is 6.20 Å². The van der Waals surface area contributed by atoms with Crippen LogP contribution in [-0.2, 0) is 16.8 Å². The summed E-state index contributed by atoms with van der Waals surface area (Å²) in [5, 5.41) is 6.95. The van der Waals surface area contributed by atoms with Crippen LogP contribution in [-0.4, -0.2) is 63.9 Å². The van der Waals surface area contributed by atoms with E-state index in [0.717, 1.165) is 44.3 Å². The van der Waals surface area contributed by atoms with Gasteiger partial charge in [-0.2, -0.15) is 8.78 Å². The number of carbonyl (C=O) groups excluding carboxylic acids is 2. The molecule has 4 rings (SSSR count). The van der Waals surface area contributed by atoms with E-state index in [4.69, 9.17) is 4.42 Å². The molecule has 10 heteroatoms. The van der Waals surface area contributed by atoms with Crippen molar-refractivity contribution >= 4 is 12.2 Å². The third-order valence-electron chi connectivity index (χ3n) is 7.21. The van der Waals surface area contributed by atoms with E-state index in [0.29, 0.717) is 28.3 Å². The number of aromatic nitrogens is 3. The largest absolute Gasteiger partial charge is 0.415 e. The number of amides is 1. The van der Waals surface area contributed by atoms with Crippen LogP contribution < -0.4 is 0 Å². The third-order valence-corrected chi connectivity index (χ3v) is 7.21. The molecular formula is C28H33F2N5O3. The number of aldehydes is 1. The smallest absolute Gasteiger partial charge is 0.314 e. The Kier molecular flexibility index (Phi) is 8.30. The second-order valence-corrected chi connectivity index (χ2v) is 10.3. The Bertz CT molecular complexity index is 1270. The minimum atomic E-state index is -2.85. The lowest BCUT2D eigenvalue weighted by Gasteiger charge is -2.32. The van der Waals surface area contributed by atoms with E-state index in [9.17, 15) is 18.4 Å². The Morgan fingerprint density at radius 2 is 1.95 bits per heavy atom. The fraction of sp³-hybridized carbons (Fsp3) is 0.464. The lowest BCUT2D eigenvalue weighted by molar-refractivity contribution is -0.111. The molecule has 0 saturated carbocycles. The molecule has 0 radical (unpaired) electrons. The van der Waals surface area contributed by atoms with Crippen molar-refractivity contribution in [1.82, 2.24) is 25.0 Å². The highest BCUT2D eigenvalue weighted by Gasteiger charge is 2.29. The number of halogens is 2. The Morgan fingerprint density at radius 3 is 2.53 bits per heavy atom. The highest BCUT2D eigenvalue weighted by Crippen LogP contribution is 2.33. The molecular weight excluding hydrogens is 492 g/mol. The maximum atomic E-state index is 13.5. The van der Waals surface area contributed by atoms with Gasteiger partial charge in [-0.05, 0) is 81.6 Å². The normalized spacial score (nSPS) is 15.1. The Balaban J connectivity index is 1.51. The highest BCUT2D eigenvalue weighted by molar-refractivity contribution is 5.97. The van der Waals surface area contributed by atoms with E-state index in [2.05, 4.69) is 27.0 Å². The van der Waals surface area contributed by atoms with Gasteiger partial charge in [-0.3, -0.25) is 9.78 Å². The monoisotopic (exact) mass is 525 g/mol. The van der Waals surface area contributed by atoms with Gasteiger partial charge in [0.05, 0.1) is 17.8 Å². The molecule has 2 aromatic heterocycles. The number of hydrogen-bond donors (Lipinski definition) is 0. The Labute approximate surface area is 221 Å². The number of likely N-dealkylation sites (tertiary alicyclic amines) is 1. The maximum Gasteiger partial charge on any atom is 0.314 e. The molecule has 202 valence electrons. The lowest BCUT2D eigenvalue weighted by atomic mass is 9.79. The molecule has 3 aromatic rings. The fourth-order valence-corrected chi connectivity index (χ4v) is 4.79. The van der Waals surface area contributed by atoms with Gasteiger partial charge in [0.25, 0.3) is 11.8 Å². The topological polar surface area (TPSA) is 92.4 Å². The molecule has 0 atom stereocenters. The van der Waals surface area contributed by atoms with Crippen LogP contribution >= 0.6 is 0 Å². The van der Waals surface area contributed by atoms with Gasteiger partial charge in [0.15, 0.2) is 0 Å². The molecule has 0 aliphatic carbocycles. The zero-order valence-electron chi connectivity index (χ0n) is 22.2. The quantitative estimate of drug-likeness (QED) is 0.362. The molecule has 1 amide bonds. The summed E-state index contributed by atoms with van der Waals surface area (Å²) in [5.41, 5.74) is 2.53. The van der Waals surface area contributed by atoms with Gasteiger partial charge in [0, 0.05) is 24.2 Å². The van der Waals surface area contributed by atoms with E-state index in [1.807, 2.05) is 32.0 Å². The average Bonchev–Trinajstić information content (AvgIpc) is 3.44. The molecule has 0 bridgehead atoms. The maximum absolute atomic E-state index is 13.5. The first-order valence-corrected chi connectivity index (χ1v) is 12.8. The predicted molar refractivity (Wildman–Crippen MR) is 138 cm³/mol. The minimum absolute atomic E-state index is 0.0509. The van der Waals surface area contributed by atoms with E-state index >= 15 is 0 Å². The van der Waals surface area contributed by atoms with Crippen molar-refractivity contribution in [3.63, 3.8) is 0 Å². The first-order valence-electron chi connectivity index (χ1n) is 12.8. The molecule has 0 N–H and O–H groups in total. The van der Waals surface area contributed by atoms with Crippen LogP contribution in [0, 0.1) is 0 Å². The molecule has 1 aromatic carbocycles. The van der Waals surface area contributed by atoms with Crippen LogP contribution in [0.1, 0.15) is 79.0 Å². The van der Waals surface area contributed by atoms with Crippen molar-refractivity contribution in [3.05, 3.63) is 64.8 Å². The first kappa shape index (κ1) is 27.5. The zero-order chi connectivity index (χ0) is 27.4. The zero-order valence-corrected chi connectivity index (χ0v) is 22.2.